The summed E-state index contributed by atoms with van der Waals surface area (Å²) in [5, 5.41) is 0.423. The highest BCUT2D eigenvalue weighted by atomic mass is 35.5. The van der Waals surface area contributed by atoms with Gasteiger partial charge in [-0.3, -0.25) is 9.52 Å². The number of pyridine rings is 1. The van der Waals surface area contributed by atoms with Gasteiger partial charge in [-0.1, -0.05) is 41.2 Å². The van der Waals surface area contributed by atoms with E-state index in [-0.39, 0.29) is 10.8 Å². The van der Waals surface area contributed by atoms with Gasteiger partial charge in [0.15, 0.2) is 6.29 Å². The zero-order valence-electron chi connectivity index (χ0n) is 12.4. The highest BCUT2D eigenvalue weighted by Crippen LogP contribution is 2.36. The Morgan fingerprint density at radius 3 is 2.64 bits per heavy atom. The Morgan fingerprint density at radius 1 is 1.36 bits per heavy atom. The van der Waals surface area contributed by atoms with Gasteiger partial charge in [-0.2, -0.15) is 0 Å². The van der Waals surface area contributed by atoms with Crippen LogP contribution in [0.5, 0.6) is 0 Å². The number of nitrogens with one attached hydrogen (secondary N) is 1. The summed E-state index contributed by atoms with van der Waals surface area (Å²) in [6.07, 6.45) is 0.805. The van der Waals surface area contributed by atoms with Crippen molar-refractivity contribution in [1.82, 2.24) is 9.71 Å². The molecule has 22 heavy (non-hydrogen) atoms. The second-order valence-corrected chi connectivity index (χ2v) is 9.38. The summed E-state index contributed by atoms with van der Waals surface area (Å²) >= 11 is 15.2. The standard InChI is InChI=1S/C15H16Cl2N2OS2/c1-15(2,3)22-19-13(11-5-4-6-12(16)18-11)10-7-9(8-20)21-14(10)17/h4-8,13,19H,1-3H3. The Bertz CT molecular complexity index is 668. The van der Waals surface area contributed by atoms with E-state index in [1.165, 1.54) is 11.3 Å². The first kappa shape index (κ1) is 17.8. The summed E-state index contributed by atoms with van der Waals surface area (Å²) in [5.41, 5.74) is 1.60. The molecule has 2 aromatic heterocycles. The van der Waals surface area contributed by atoms with Crippen LogP contribution in [-0.2, 0) is 0 Å². The van der Waals surface area contributed by atoms with Crippen molar-refractivity contribution in [2.24, 2.45) is 0 Å². The van der Waals surface area contributed by atoms with Gasteiger partial charge >= 0.3 is 0 Å². The van der Waals surface area contributed by atoms with Crippen LogP contribution in [0.25, 0.3) is 0 Å². The van der Waals surface area contributed by atoms with Gasteiger partial charge < -0.3 is 0 Å². The summed E-state index contributed by atoms with van der Waals surface area (Å²) in [5.74, 6) is 0. The zero-order valence-corrected chi connectivity index (χ0v) is 15.5. The van der Waals surface area contributed by atoms with Gasteiger partial charge in [-0.15, -0.1) is 11.3 Å². The Morgan fingerprint density at radius 2 is 2.09 bits per heavy atom. The first-order valence-corrected chi connectivity index (χ1v) is 8.99. The summed E-state index contributed by atoms with van der Waals surface area (Å²) in [7, 11) is 0. The van der Waals surface area contributed by atoms with Crippen molar-refractivity contribution in [3.8, 4) is 0 Å². The van der Waals surface area contributed by atoms with E-state index >= 15 is 0 Å². The van der Waals surface area contributed by atoms with Gasteiger partial charge in [0.25, 0.3) is 0 Å². The molecule has 2 aromatic rings. The molecule has 0 amide bonds. The molecule has 1 atom stereocenters. The van der Waals surface area contributed by atoms with Crippen LogP contribution in [0.3, 0.4) is 0 Å². The minimum absolute atomic E-state index is 0.0206. The fourth-order valence-corrected chi connectivity index (χ4v) is 3.82. The maximum absolute atomic E-state index is 11.0. The number of hydrogen-bond acceptors (Lipinski definition) is 5. The lowest BCUT2D eigenvalue weighted by atomic mass is 10.1. The Balaban J connectivity index is 2.40. The lowest BCUT2D eigenvalue weighted by Crippen LogP contribution is -2.23. The minimum atomic E-state index is -0.236. The van der Waals surface area contributed by atoms with E-state index in [1.54, 1.807) is 24.1 Å². The van der Waals surface area contributed by atoms with Gasteiger partial charge in [0.1, 0.15) is 5.15 Å². The normalized spacial score (nSPS) is 13.1. The predicted octanol–water partition coefficient (Wildman–Crippen LogP) is 5.39. The van der Waals surface area contributed by atoms with Crippen LogP contribution in [0, 0.1) is 0 Å². The monoisotopic (exact) mass is 374 g/mol. The van der Waals surface area contributed by atoms with Crippen molar-refractivity contribution in [3.05, 3.63) is 49.9 Å². The van der Waals surface area contributed by atoms with E-state index < -0.39 is 0 Å². The molecule has 0 fully saturated rings. The number of hydrogen-bond donors (Lipinski definition) is 1. The van der Waals surface area contributed by atoms with Gasteiger partial charge in [0.05, 0.1) is 20.9 Å². The van der Waals surface area contributed by atoms with Crippen LogP contribution < -0.4 is 4.72 Å². The molecule has 0 radical (unpaired) electrons. The first-order valence-electron chi connectivity index (χ1n) is 6.60. The molecule has 0 saturated heterocycles. The summed E-state index contributed by atoms with van der Waals surface area (Å²) in [6, 6.07) is 7.03. The topological polar surface area (TPSA) is 42.0 Å². The zero-order chi connectivity index (χ0) is 16.3. The molecule has 3 nitrogen and oxygen atoms in total. The quantitative estimate of drug-likeness (QED) is 0.432. The fraction of sp³-hybridized carbons (Fsp3) is 0.333. The fourth-order valence-electron chi connectivity index (χ4n) is 1.76. The average Bonchev–Trinajstić information content (AvgIpc) is 2.79. The van der Waals surface area contributed by atoms with Crippen molar-refractivity contribution in [2.75, 3.05) is 0 Å². The van der Waals surface area contributed by atoms with E-state index in [2.05, 4.69) is 30.5 Å². The molecule has 1 N–H and O–H groups in total. The number of rotatable bonds is 5. The van der Waals surface area contributed by atoms with Gasteiger partial charge in [-0.25, -0.2) is 4.98 Å². The molecule has 2 heterocycles. The van der Waals surface area contributed by atoms with Gasteiger partial charge in [0.2, 0.25) is 0 Å². The SMILES string of the molecule is CC(C)(C)SNC(c1cccc(Cl)n1)c1cc(C=O)sc1Cl. The first-order chi connectivity index (χ1) is 10.3. The predicted molar refractivity (Wildman–Crippen MR) is 96.3 cm³/mol. The molecule has 2 rings (SSSR count). The number of thiophene rings is 1. The summed E-state index contributed by atoms with van der Waals surface area (Å²) in [4.78, 5) is 16.0. The van der Waals surface area contributed by atoms with Crippen LogP contribution >= 0.6 is 46.5 Å². The molecule has 0 bridgehead atoms. The lowest BCUT2D eigenvalue weighted by Gasteiger charge is -2.24. The number of halogens is 2. The second-order valence-electron chi connectivity index (χ2n) is 5.65. The number of carbonyl (C=O) groups excluding carboxylic acids is 1. The molecule has 1 unspecified atom stereocenters. The average molecular weight is 375 g/mol. The van der Waals surface area contributed by atoms with Crippen LogP contribution in [0.2, 0.25) is 9.49 Å². The van der Waals surface area contributed by atoms with Crippen LogP contribution in [0.1, 0.15) is 47.7 Å². The van der Waals surface area contributed by atoms with Crippen molar-refractivity contribution < 1.29 is 4.79 Å². The Kier molecular flexibility index (Phi) is 5.91. The molecular formula is C15H16Cl2N2OS2. The summed E-state index contributed by atoms with van der Waals surface area (Å²) in [6.45, 7) is 6.33. The van der Waals surface area contributed by atoms with E-state index in [4.69, 9.17) is 23.2 Å². The van der Waals surface area contributed by atoms with Crippen LogP contribution in [-0.4, -0.2) is 16.0 Å². The van der Waals surface area contributed by atoms with Crippen molar-refractivity contribution >= 4 is 52.8 Å². The number of carbonyl (C=O) groups is 1. The highest BCUT2D eigenvalue weighted by molar-refractivity contribution is 7.98. The van der Waals surface area contributed by atoms with Gasteiger partial charge in [-0.05, 0) is 39.0 Å². The molecule has 0 aliphatic heterocycles. The lowest BCUT2D eigenvalue weighted by molar-refractivity contribution is 0.112. The van der Waals surface area contributed by atoms with Gasteiger partial charge in [0, 0.05) is 10.3 Å². The maximum Gasteiger partial charge on any atom is 0.160 e. The summed E-state index contributed by atoms with van der Waals surface area (Å²) < 4.78 is 4.00. The number of nitrogens with zero attached hydrogens (tertiary/aromatic N) is 1. The number of aldehydes is 1. The smallest absolute Gasteiger partial charge is 0.160 e. The second kappa shape index (κ2) is 7.32. The molecule has 0 spiro atoms. The molecule has 0 aromatic carbocycles. The molecular weight excluding hydrogens is 359 g/mol. The van der Waals surface area contributed by atoms with Crippen molar-refractivity contribution in [1.29, 1.82) is 0 Å². The minimum Gasteiger partial charge on any atom is -0.297 e. The molecule has 0 aliphatic rings. The van der Waals surface area contributed by atoms with Crippen LogP contribution in [0.15, 0.2) is 24.3 Å². The van der Waals surface area contributed by atoms with E-state index in [0.717, 1.165) is 17.5 Å². The number of aromatic nitrogens is 1. The molecule has 118 valence electrons. The highest BCUT2D eigenvalue weighted by Gasteiger charge is 2.23. The van der Waals surface area contributed by atoms with Crippen molar-refractivity contribution in [2.45, 2.75) is 31.6 Å². The molecule has 0 saturated carbocycles. The van der Waals surface area contributed by atoms with Crippen molar-refractivity contribution in [3.63, 3.8) is 0 Å². The molecule has 0 aliphatic carbocycles. The Hall–Kier alpha value is -0.590. The van der Waals surface area contributed by atoms with E-state index in [1.807, 2.05) is 12.1 Å². The maximum atomic E-state index is 11.0. The van der Waals surface area contributed by atoms with Crippen LogP contribution in [0.4, 0.5) is 0 Å². The third kappa shape index (κ3) is 4.70. The largest absolute Gasteiger partial charge is 0.297 e. The third-order valence-electron chi connectivity index (χ3n) is 2.67. The van der Waals surface area contributed by atoms with E-state index in [0.29, 0.717) is 14.4 Å². The third-order valence-corrected chi connectivity index (χ3v) is 5.17. The molecule has 7 heteroatoms. The van der Waals surface area contributed by atoms with E-state index in [9.17, 15) is 4.79 Å². The Labute approximate surface area is 148 Å².